The number of nitrogens with one attached hydrogen (secondary N) is 2. The first kappa shape index (κ1) is 20.2. The molecule has 29 heavy (non-hydrogen) atoms. The van der Waals surface area contributed by atoms with Crippen LogP contribution in [0.3, 0.4) is 0 Å². The summed E-state index contributed by atoms with van der Waals surface area (Å²) in [5.74, 6) is 0.626. The Bertz CT molecular complexity index is 873. The van der Waals surface area contributed by atoms with E-state index in [1.807, 2.05) is 29.2 Å². The molecule has 156 valence electrons. The first-order valence-corrected chi connectivity index (χ1v) is 10.4. The van der Waals surface area contributed by atoms with Crippen LogP contribution in [0.2, 0.25) is 0 Å². The molecule has 2 aliphatic heterocycles. The lowest BCUT2D eigenvalue weighted by Gasteiger charge is -2.34. The van der Waals surface area contributed by atoms with Gasteiger partial charge < -0.3 is 20.0 Å². The van der Waals surface area contributed by atoms with Gasteiger partial charge in [-0.25, -0.2) is 0 Å². The number of carbonyl (C=O) groups is 2. The Labute approximate surface area is 176 Å². The van der Waals surface area contributed by atoms with E-state index in [0.29, 0.717) is 23.8 Å². The van der Waals surface area contributed by atoms with Crippen LogP contribution in [0, 0.1) is 11.3 Å². The van der Waals surface area contributed by atoms with Crippen LogP contribution in [0.25, 0.3) is 11.0 Å². The molecule has 2 unspecified atom stereocenters. The highest BCUT2D eigenvalue weighted by molar-refractivity contribution is 5.96. The molecule has 2 saturated heterocycles. The van der Waals surface area contributed by atoms with Crippen molar-refractivity contribution in [2.24, 2.45) is 11.3 Å². The monoisotopic (exact) mass is 417 g/mol. The molecule has 2 aromatic rings. The number of nitrogens with zero attached hydrogens (tertiary/aromatic N) is 1. The second kappa shape index (κ2) is 8.00. The van der Waals surface area contributed by atoms with E-state index < -0.39 is 0 Å². The van der Waals surface area contributed by atoms with E-state index in [1.54, 1.807) is 6.07 Å². The molecule has 2 N–H and O–H groups in total. The Morgan fingerprint density at radius 2 is 2.00 bits per heavy atom. The van der Waals surface area contributed by atoms with Crippen LogP contribution < -0.4 is 10.6 Å². The van der Waals surface area contributed by atoms with E-state index in [2.05, 4.69) is 10.6 Å². The molecule has 0 radical (unpaired) electrons. The van der Waals surface area contributed by atoms with E-state index in [4.69, 9.17) is 4.42 Å². The van der Waals surface area contributed by atoms with Crippen molar-refractivity contribution >= 4 is 35.2 Å². The van der Waals surface area contributed by atoms with Gasteiger partial charge in [-0.3, -0.25) is 9.59 Å². The number of amides is 2. The van der Waals surface area contributed by atoms with Gasteiger partial charge in [0.25, 0.3) is 5.91 Å². The average Bonchev–Trinajstić information content (AvgIpc) is 3.22. The van der Waals surface area contributed by atoms with Crippen LogP contribution in [0.1, 0.15) is 42.7 Å². The van der Waals surface area contributed by atoms with Crippen LogP contribution in [0.15, 0.2) is 34.7 Å². The zero-order chi connectivity index (χ0) is 19.1. The number of carbonyl (C=O) groups excluding carboxylic acids is 2. The zero-order valence-electron chi connectivity index (χ0n) is 16.5. The van der Waals surface area contributed by atoms with E-state index in [9.17, 15) is 9.59 Å². The number of benzene rings is 1. The second-order valence-corrected chi connectivity index (χ2v) is 8.61. The normalized spacial score (nSPS) is 25.4. The van der Waals surface area contributed by atoms with Crippen molar-refractivity contribution in [3.63, 3.8) is 0 Å². The van der Waals surface area contributed by atoms with Gasteiger partial charge in [0.1, 0.15) is 5.58 Å². The number of fused-ring (bicyclic) bond motifs is 1. The van der Waals surface area contributed by atoms with Gasteiger partial charge in [-0.1, -0.05) is 18.2 Å². The lowest BCUT2D eigenvalue weighted by Crippen LogP contribution is -2.50. The molecule has 5 rings (SSSR count). The Kier molecular flexibility index (Phi) is 5.58. The van der Waals surface area contributed by atoms with Crippen molar-refractivity contribution in [2.75, 3.05) is 26.2 Å². The fraction of sp³-hybridized carbons (Fsp3) is 0.545. The molecule has 6 nitrogen and oxygen atoms in total. The molecule has 3 fully saturated rings. The Morgan fingerprint density at radius 3 is 2.79 bits per heavy atom. The third-order valence-electron chi connectivity index (χ3n) is 6.80. The predicted molar refractivity (Wildman–Crippen MR) is 113 cm³/mol. The Balaban J connectivity index is 0.00000205. The number of halogens is 1. The third-order valence-corrected chi connectivity index (χ3v) is 6.80. The maximum atomic E-state index is 13.0. The van der Waals surface area contributed by atoms with E-state index >= 15 is 0 Å². The molecule has 1 saturated carbocycles. The van der Waals surface area contributed by atoms with Crippen LogP contribution in [0.4, 0.5) is 0 Å². The summed E-state index contributed by atoms with van der Waals surface area (Å²) >= 11 is 0. The van der Waals surface area contributed by atoms with Gasteiger partial charge in [0, 0.05) is 30.4 Å². The highest BCUT2D eigenvalue weighted by Crippen LogP contribution is 2.59. The van der Waals surface area contributed by atoms with Crippen molar-refractivity contribution in [3.8, 4) is 0 Å². The van der Waals surface area contributed by atoms with Gasteiger partial charge in [0.05, 0.1) is 0 Å². The molecule has 2 amide bonds. The molecule has 7 heteroatoms. The number of hydrogen-bond donors (Lipinski definition) is 2. The van der Waals surface area contributed by atoms with Gasteiger partial charge in [-0.15, -0.1) is 12.4 Å². The standard InChI is InChI=1S/C22H27N3O3.ClH/c26-20(19-12-15-4-1-2-6-18(15)28-19)24-16-5-3-11-25(14-16)21(27)17-13-22(17)7-9-23-10-8-22;/h1-2,4,6,12,16-17,23H,3,5,7-11,13-14H2,(H,24,26);1H. The first-order valence-electron chi connectivity index (χ1n) is 10.4. The molecule has 1 spiro atoms. The molecule has 1 aromatic carbocycles. The number of rotatable bonds is 3. The summed E-state index contributed by atoms with van der Waals surface area (Å²) in [4.78, 5) is 27.6. The molecular formula is C22H28ClN3O3. The maximum absolute atomic E-state index is 13.0. The zero-order valence-corrected chi connectivity index (χ0v) is 17.3. The molecule has 2 atom stereocenters. The Hall–Kier alpha value is -2.05. The maximum Gasteiger partial charge on any atom is 0.287 e. The largest absolute Gasteiger partial charge is 0.451 e. The molecule has 3 aliphatic rings. The highest BCUT2D eigenvalue weighted by Gasteiger charge is 2.58. The summed E-state index contributed by atoms with van der Waals surface area (Å²) in [5, 5.41) is 7.39. The highest BCUT2D eigenvalue weighted by atomic mass is 35.5. The number of likely N-dealkylation sites (tertiary alicyclic amines) is 1. The van der Waals surface area contributed by atoms with Crippen LogP contribution in [0.5, 0.6) is 0 Å². The van der Waals surface area contributed by atoms with Crippen LogP contribution in [-0.4, -0.2) is 48.9 Å². The number of para-hydroxylation sites is 1. The first-order chi connectivity index (χ1) is 13.6. The average molecular weight is 418 g/mol. The van der Waals surface area contributed by atoms with Crippen molar-refractivity contribution in [2.45, 2.75) is 38.1 Å². The number of furan rings is 1. The van der Waals surface area contributed by atoms with Crippen molar-refractivity contribution in [3.05, 3.63) is 36.1 Å². The minimum Gasteiger partial charge on any atom is -0.451 e. The summed E-state index contributed by atoms with van der Waals surface area (Å²) in [5.41, 5.74) is 0.974. The quantitative estimate of drug-likeness (QED) is 0.805. The SMILES string of the molecule is Cl.O=C(NC1CCCN(C(=O)C2CC23CCNCC3)C1)c1cc2ccccc2o1. The summed E-state index contributed by atoms with van der Waals surface area (Å²) in [6.07, 6.45) is 5.10. The molecule has 0 bridgehead atoms. The van der Waals surface area contributed by atoms with Crippen molar-refractivity contribution in [1.29, 1.82) is 0 Å². The van der Waals surface area contributed by atoms with Crippen molar-refractivity contribution in [1.82, 2.24) is 15.5 Å². The summed E-state index contributed by atoms with van der Waals surface area (Å²) in [6, 6.07) is 9.38. The smallest absolute Gasteiger partial charge is 0.287 e. The number of piperidine rings is 2. The fourth-order valence-electron chi connectivity index (χ4n) is 5.04. The summed E-state index contributed by atoms with van der Waals surface area (Å²) in [6.45, 7) is 3.47. The summed E-state index contributed by atoms with van der Waals surface area (Å²) < 4.78 is 5.67. The predicted octanol–water partition coefficient (Wildman–Crippen LogP) is 2.97. The molecule has 1 aromatic heterocycles. The molecule has 3 heterocycles. The van der Waals surface area contributed by atoms with Crippen LogP contribution >= 0.6 is 12.4 Å². The van der Waals surface area contributed by atoms with E-state index in [0.717, 1.165) is 57.1 Å². The lowest BCUT2D eigenvalue weighted by atomic mass is 9.91. The van der Waals surface area contributed by atoms with E-state index in [-0.39, 0.29) is 35.7 Å². The molecule has 1 aliphatic carbocycles. The van der Waals surface area contributed by atoms with Crippen molar-refractivity contribution < 1.29 is 14.0 Å². The molecular weight excluding hydrogens is 390 g/mol. The topological polar surface area (TPSA) is 74.6 Å². The van der Waals surface area contributed by atoms with Gasteiger partial charge in [0.2, 0.25) is 5.91 Å². The van der Waals surface area contributed by atoms with Gasteiger partial charge >= 0.3 is 0 Å². The second-order valence-electron chi connectivity index (χ2n) is 8.61. The van der Waals surface area contributed by atoms with E-state index in [1.165, 1.54) is 0 Å². The fourth-order valence-corrected chi connectivity index (χ4v) is 5.04. The number of hydrogen-bond acceptors (Lipinski definition) is 4. The van der Waals surface area contributed by atoms with Crippen LogP contribution in [-0.2, 0) is 4.79 Å². The minimum absolute atomic E-state index is 0. The summed E-state index contributed by atoms with van der Waals surface area (Å²) in [7, 11) is 0. The lowest BCUT2D eigenvalue weighted by molar-refractivity contribution is -0.135. The van der Waals surface area contributed by atoms with Gasteiger partial charge in [-0.2, -0.15) is 0 Å². The Morgan fingerprint density at radius 1 is 1.21 bits per heavy atom. The third kappa shape index (κ3) is 3.88. The minimum atomic E-state index is -0.197. The van der Waals surface area contributed by atoms with Gasteiger partial charge in [-0.05, 0) is 62.7 Å². The van der Waals surface area contributed by atoms with Gasteiger partial charge in [0.15, 0.2) is 5.76 Å².